The van der Waals surface area contributed by atoms with Crippen LogP contribution in [0.2, 0.25) is 10.0 Å². The number of ether oxygens (including phenoxy) is 1. The molecule has 0 unspecified atom stereocenters. The molecule has 0 spiro atoms. The first-order chi connectivity index (χ1) is 15.1. The number of carbonyl (C=O) groups is 2. The number of esters is 1. The van der Waals surface area contributed by atoms with E-state index in [1.807, 2.05) is 19.1 Å². The average molecular weight is 492 g/mol. The third-order valence-electron chi connectivity index (χ3n) is 4.94. The summed E-state index contributed by atoms with van der Waals surface area (Å²) in [7, 11) is 1.80. The van der Waals surface area contributed by atoms with Crippen LogP contribution in [0, 0.1) is 0 Å². The summed E-state index contributed by atoms with van der Waals surface area (Å²) in [5.41, 5.74) is 2.95. The van der Waals surface area contributed by atoms with Crippen molar-refractivity contribution in [1.82, 2.24) is 10.2 Å². The number of carbonyl (C=O) groups excluding carboxylic acids is 2. The third-order valence-corrected chi connectivity index (χ3v) is 5.77. The number of thiocarbonyl (C=S) groups is 1. The predicted octanol–water partition coefficient (Wildman–Crippen LogP) is 5.33. The van der Waals surface area contributed by atoms with Gasteiger partial charge >= 0.3 is 5.97 Å². The van der Waals surface area contributed by atoms with Gasteiger partial charge in [-0.3, -0.25) is 4.79 Å². The Morgan fingerprint density at radius 2 is 1.72 bits per heavy atom. The normalized spacial score (nSPS) is 16.2. The van der Waals surface area contributed by atoms with E-state index in [0.29, 0.717) is 32.0 Å². The highest BCUT2D eigenvalue weighted by Crippen LogP contribution is 2.31. The molecule has 0 aliphatic carbocycles. The van der Waals surface area contributed by atoms with E-state index in [9.17, 15) is 9.59 Å². The maximum atomic E-state index is 12.8. The molecule has 0 radical (unpaired) electrons. The highest BCUT2D eigenvalue weighted by Gasteiger charge is 2.33. The molecule has 0 fully saturated rings. The molecule has 1 aliphatic heterocycles. The molecule has 1 atom stereocenters. The number of benzene rings is 2. The first-order valence-corrected chi connectivity index (χ1v) is 11.1. The van der Waals surface area contributed by atoms with Gasteiger partial charge in [-0.05, 0) is 68.9 Å². The smallest absolute Gasteiger partial charge is 0.338 e. The molecule has 0 saturated carbocycles. The average Bonchev–Trinajstić information content (AvgIpc) is 2.71. The van der Waals surface area contributed by atoms with Gasteiger partial charge in [-0.15, -0.1) is 0 Å². The van der Waals surface area contributed by atoms with Crippen LogP contribution in [-0.2, 0) is 9.53 Å². The van der Waals surface area contributed by atoms with Crippen molar-refractivity contribution in [2.75, 3.05) is 12.4 Å². The molecule has 1 heterocycles. The molecule has 2 N–H and O–H groups in total. The van der Waals surface area contributed by atoms with Gasteiger partial charge in [0.15, 0.2) is 5.11 Å². The molecule has 1 amide bonds. The number of allylic oxidation sites excluding steroid dienone is 1. The molecule has 168 valence electrons. The van der Waals surface area contributed by atoms with Crippen LogP contribution < -0.4 is 10.6 Å². The Bertz CT molecular complexity index is 1080. The van der Waals surface area contributed by atoms with Gasteiger partial charge in [-0.2, -0.15) is 0 Å². The lowest BCUT2D eigenvalue weighted by Crippen LogP contribution is -2.46. The van der Waals surface area contributed by atoms with E-state index in [4.69, 9.17) is 40.2 Å². The summed E-state index contributed by atoms with van der Waals surface area (Å²) >= 11 is 17.4. The van der Waals surface area contributed by atoms with Crippen LogP contribution in [0.15, 0.2) is 53.7 Å². The molecule has 9 heteroatoms. The predicted molar refractivity (Wildman–Crippen MR) is 131 cm³/mol. The van der Waals surface area contributed by atoms with Crippen LogP contribution in [0.5, 0.6) is 0 Å². The molecule has 2 aromatic carbocycles. The number of amides is 1. The molecular formula is C23H23Cl2N3O3S. The first kappa shape index (κ1) is 24.0. The van der Waals surface area contributed by atoms with Crippen LogP contribution in [0.4, 0.5) is 5.69 Å². The second-order valence-corrected chi connectivity index (χ2v) is 8.89. The van der Waals surface area contributed by atoms with Crippen molar-refractivity contribution < 1.29 is 14.3 Å². The van der Waals surface area contributed by atoms with Crippen molar-refractivity contribution in [2.24, 2.45) is 0 Å². The summed E-state index contributed by atoms with van der Waals surface area (Å²) < 4.78 is 5.45. The summed E-state index contributed by atoms with van der Waals surface area (Å²) in [6.07, 6.45) is -0.250. The highest BCUT2D eigenvalue weighted by atomic mass is 35.5. The van der Waals surface area contributed by atoms with Crippen molar-refractivity contribution in [3.8, 4) is 0 Å². The van der Waals surface area contributed by atoms with E-state index in [0.717, 1.165) is 11.3 Å². The van der Waals surface area contributed by atoms with Gasteiger partial charge in [-0.1, -0.05) is 35.3 Å². The second kappa shape index (κ2) is 9.90. The molecule has 32 heavy (non-hydrogen) atoms. The number of hydrogen-bond acceptors (Lipinski definition) is 4. The monoisotopic (exact) mass is 491 g/mol. The first-order valence-electron chi connectivity index (χ1n) is 9.90. The van der Waals surface area contributed by atoms with E-state index in [2.05, 4.69) is 10.6 Å². The number of hydrogen-bond donors (Lipinski definition) is 2. The minimum absolute atomic E-state index is 0.250. The largest absolute Gasteiger partial charge is 0.459 e. The third kappa shape index (κ3) is 5.41. The van der Waals surface area contributed by atoms with E-state index < -0.39 is 12.0 Å². The molecule has 0 aromatic heterocycles. The Morgan fingerprint density at radius 3 is 2.28 bits per heavy atom. The summed E-state index contributed by atoms with van der Waals surface area (Å²) in [6, 6.07) is 11.3. The van der Waals surface area contributed by atoms with Gasteiger partial charge in [0, 0.05) is 34.0 Å². The Balaban J connectivity index is 1.85. The lowest BCUT2D eigenvalue weighted by molar-refractivity contribution is -0.143. The van der Waals surface area contributed by atoms with Gasteiger partial charge in [0.1, 0.15) is 0 Å². The summed E-state index contributed by atoms with van der Waals surface area (Å²) in [6.45, 7) is 5.44. The minimum Gasteiger partial charge on any atom is -0.459 e. The van der Waals surface area contributed by atoms with Gasteiger partial charge in [-0.25, -0.2) is 4.79 Å². The van der Waals surface area contributed by atoms with Crippen molar-refractivity contribution in [3.05, 3.63) is 74.9 Å². The Morgan fingerprint density at radius 1 is 1.12 bits per heavy atom. The number of nitrogens with one attached hydrogen (secondary N) is 2. The van der Waals surface area contributed by atoms with Gasteiger partial charge in [0.05, 0.1) is 17.7 Å². The number of halogens is 2. The van der Waals surface area contributed by atoms with E-state index >= 15 is 0 Å². The second-order valence-electron chi connectivity index (χ2n) is 7.63. The summed E-state index contributed by atoms with van der Waals surface area (Å²) in [5, 5.41) is 7.27. The van der Waals surface area contributed by atoms with E-state index in [1.165, 1.54) is 0 Å². The SMILES string of the molecule is CC1=C(C(=O)OC(C)C)[C@@H](c2ccc(NC(=O)c3cc(Cl)cc(Cl)c3)cc2)NC(=S)N1C. The molecular weight excluding hydrogens is 469 g/mol. The Hall–Kier alpha value is -2.61. The van der Waals surface area contributed by atoms with Gasteiger partial charge in [0.2, 0.25) is 0 Å². The lowest BCUT2D eigenvalue weighted by atomic mass is 9.95. The number of rotatable bonds is 5. The topological polar surface area (TPSA) is 70.7 Å². The van der Waals surface area contributed by atoms with E-state index in [-0.39, 0.29) is 12.0 Å². The van der Waals surface area contributed by atoms with Crippen LogP contribution in [0.25, 0.3) is 0 Å². The van der Waals surface area contributed by atoms with Crippen molar-refractivity contribution in [2.45, 2.75) is 32.9 Å². The van der Waals surface area contributed by atoms with Crippen LogP contribution in [0.3, 0.4) is 0 Å². The number of nitrogens with zero attached hydrogens (tertiary/aromatic N) is 1. The molecule has 0 saturated heterocycles. The van der Waals surface area contributed by atoms with Crippen LogP contribution in [-0.4, -0.2) is 35.0 Å². The van der Waals surface area contributed by atoms with Crippen molar-refractivity contribution in [1.29, 1.82) is 0 Å². The minimum atomic E-state index is -0.471. The maximum absolute atomic E-state index is 12.8. The van der Waals surface area contributed by atoms with Gasteiger partial charge < -0.3 is 20.3 Å². The Labute approximate surface area is 202 Å². The quantitative estimate of drug-likeness (QED) is 0.434. The van der Waals surface area contributed by atoms with Crippen molar-refractivity contribution >= 4 is 58.1 Å². The van der Waals surface area contributed by atoms with Gasteiger partial charge in [0.25, 0.3) is 5.91 Å². The standard InChI is InChI=1S/C23H23Cl2N3O3S/c1-12(2)31-22(30)19-13(3)28(4)23(32)27-20(19)14-5-7-18(8-6-14)26-21(29)15-9-16(24)11-17(25)10-15/h5-12,20H,1-4H3,(H,26,29)(H,27,32)/t20-/m1/s1. The summed E-state index contributed by atoms with van der Waals surface area (Å²) in [5.74, 6) is -0.739. The molecule has 2 aromatic rings. The fourth-order valence-electron chi connectivity index (χ4n) is 3.27. The molecule has 3 rings (SSSR count). The summed E-state index contributed by atoms with van der Waals surface area (Å²) in [4.78, 5) is 27.1. The van der Waals surface area contributed by atoms with Crippen LogP contribution in [0.1, 0.15) is 42.7 Å². The lowest BCUT2D eigenvalue weighted by Gasteiger charge is -2.35. The van der Waals surface area contributed by atoms with E-state index in [1.54, 1.807) is 56.1 Å². The molecule has 6 nitrogen and oxygen atoms in total. The zero-order valence-electron chi connectivity index (χ0n) is 18.0. The highest BCUT2D eigenvalue weighted by molar-refractivity contribution is 7.80. The number of anilines is 1. The fourth-order valence-corrected chi connectivity index (χ4v) is 4.06. The molecule has 0 bridgehead atoms. The van der Waals surface area contributed by atoms with Crippen LogP contribution >= 0.6 is 35.4 Å². The van der Waals surface area contributed by atoms with Crippen molar-refractivity contribution in [3.63, 3.8) is 0 Å². The fraction of sp³-hybridized carbons (Fsp3) is 0.261. The zero-order valence-corrected chi connectivity index (χ0v) is 20.4. The molecule has 1 aliphatic rings. The maximum Gasteiger partial charge on any atom is 0.338 e. The zero-order chi connectivity index (χ0) is 23.6. The Kier molecular flexibility index (Phi) is 7.44.